The number of amides is 1. The monoisotopic (exact) mass is 317 g/mol. The van der Waals surface area contributed by atoms with Gasteiger partial charge < -0.3 is 5.32 Å². The predicted octanol–water partition coefficient (Wildman–Crippen LogP) is 5.69. The summed E-state index contributed by atoms with van der Waals surface area (Å²) in [5.74, 6) is 1.01. The van der Waals surface area contributed by atoms with Gasteiger partial charge in [0.25, 0.3) is 0 Å². The molecule has 0 aromatic carbocycles. The topological polar surface area (TPSA) is 29.1 Å². The molecule has 2 aliphatic rings. The number of nitrogens with one attached hydrogen (secondary N) is 1. The minimum atomic E-state index is 0.184. The maximum Gasteiger partial charge on any atom is 0.247 e. The average molecular weight is 318 g/mol. The van der Waals surface area contributed by atoms with E-state index in [0.717, 1.165) is 37.2 Å². The largest absolute Gasteiger partial charge is 0.350 e. The Labute approximate surface area is 142 Å². The fourth-order valence-electron chi connectivity index (χ4n) is 3.73. The maximum atomic E-state index is 12.3. The number of allylic oxidation sites excluding steroid dienone is 3. The summed E-state index contributed by atoms with van der Waals surface area (Å²) in [5.41, 5.74) is 2.51. The first-order chi connectivity index (χ1) is 11.2. The molecule has 2 nitrogen and oxygen atoms in total. The molecule has 1 amide bonds. The molecule has 0 radical (unpaired) electrons. The minimum Gasteiger partial charge on any atom is -0.350 e. The van der Waals surface area contributed by atoms with Crippen LogP contribution in [0.3, 0.4) is 0 Å². The highest BCUT2D eigenvalue weighted by Crippen LogP contribution is 2.25. The van der Waals surface area contributed by atoms with Crippen LogP contribution in [0, 0.1) is 5.92 Å². The molecule has 2 heteroatoms. The lowest BCUT2D eigenvalue weighted by molar-refractivity contribution is -0.118. The van der Waals surface area contributed by atoms with Gasteiger partial charge in [0.2, 0.25) is 5.91 Å². The molecular formula is C21H35NO. The average Bonchev–Trinajstić information content (AvgIpc) is 2.59. The van der Waals surface area contributed by atoms with Gasteiger partial charge in [-0.15, -0.1) is 0 Å². The first kappa shape index (κ1) is 18.3. The van der Waals surface area contributed by atoms with Gasteiger partial charge in [-0.1, -0.05) is 70.1 Å². The Morgan fingerprint density at radius 2 is 1.96 bits per heavy atom. The molecule has 23 heavy (non-hydrogen) atoms. The molecule has 0 aliphatic heterocycles. The van der Waals surface area contributed by atoms with Crippen LogP contribution in [0.25, 0.3) is 0 Å². The van der Waals surface area contributed by atoms with Gasteiger partial charge in [0.15, 0.2) is 0 Å². The maximum absolute atomic E-state index is 12.3. The highest BCUT2D eigenvalue weighted by molar-refractivity contribution is 5.94. The second-order valence-corrected chi connectivity index (χ2v) is 7.61. The zero-order valence-corrected chi connectivity index (χ0v) is 15.2. The molecule has 1 N–H and O–H groups in total. The Kier molecular flexibility index (Phi) is 7.91. The molecule has 1 unspecified atom stereocenters. The van der Waals surface area contributed by atoms with Gasteiger partial charge in [-0.3, -0.25) is 4.79 Å². The third-order valence-corrected chi connectivity index (χ3v) is 5.48. The van der Waals surface area contributed by atoms with Gasteiger partial charge in [-0.25, -0.2) is 0 Å². The van der Waals surface area contributed by atoms with E-state index in [1.165, 1.54) is 56.9 Å². The van der Waals surface area contributed by atoms with Crippen molar-refractivity contribution in [3.05, 3.63) is 23.3 Å². The number of carbonyl (C=O) groups is 1. The summed E-state index contributed by atoms with van der Waals surface area (Å²) in [6, 6.07) is 0.418. The Hall–Kier alpha value is -1.05. The number of hydrogen-bond donors (Lipinski definition) is 1. The number of rotatable bonds is 8. The van der Waals surface area contributed by atoms with Gasteiger partial charge in [0, 0.05) is 11.6 Å². The summed E-state index contributed by atoms with van der Waals surface area (Å²) < 4.78 is 0. The molecule has 0 heterocycles. The standard InChI is InChI=1S/C21H35NO/c1-3-4-8-17(2)11-12-18-13-15-19(16-14-18)21(23)22-20-9-6-5-7-10-20/h13,15,17,20H,3-12,14,16H2,1-2H3,(H,22,23). The van der Waals surface area contributed by atoms with E-state index in [1.54, 1.807) is 0 Å². The van der Waals surface area contributed by atoms with Gasteiger partial charge in [-0.05, 0) is 44.4 Å². The third-order valence-electron chi connectivity index (χ3n) is 5.48. The number of unbranched alkanes of at least 4 members (excludes halogenated alkanes) is 1. The van der Waals surface area contributed by atoms with Crippen LogP contribution in [-0.2, 0) is 4.79 Å². The Bertz CT molecular complexity index is 429. The van der Waals surface area contributed by atoms with Gasteiger partial charge in [0.1, 0.15) is 0 Å². The minimum absolute atomic E-state index is 0.184. The fraction of sp³-hybridized carbons (Fsp3) is 0.762. The first-order valence-electron chi connectivity index (χ1n) is 9.88. The Morgan fingerprint density at radius 1 is 1.17 bits per heavy atom. The molecule has 2 aliphatic carbocycles. The van der Waals surface area contributed by atoms with E-state index in [2.05, 4.69) is 31.3 Å². The lowest BCUT2D eigenvalue weighted by atomic mass is 9.90. The lowest BCUT2D eigenvalue weighted by Crippen LogP contribution is -2.37. The van der Waals surface area contributed by atoms with Gasteiger partial charge >= 0.3 is 0 Å². The van der Waals surface area contributed by atoms with Crippen LogP contribution in [0.2, 0.25) is 0 Å². The van der Waals surface area contributed by atoms with Crippen LogP contribution in [0.1, 0.15) is 90.9 Å². The summed E-state index contributed by atoms with van der Waals surface area (Å²) in [5, 5.41) is 3.24. The van der Waals surface area contributed by atoms with E-state index < -0.39 is 0 Å². The molecule has 1 fully saturated rings. The molecule has 0 saturated heterocycles. The highest BCUT2D eigenvalue weighted by Gasteiger charge is 2.19. The molecular weight excluding hydrogens is 282 g/mol. The normalized spacial score (nSPS) is 20.6. The van der Waals surface area contributed by atoms with E-state index in [0.29, 0.717) is 6.04 Å². The first-order valence-corrected chi connectivity index (χ1v) is 9.88. The second kappa shape index (κ2) is 9.95. The molecule has 2 rings (SSSR count). The predicted molar refractivity (Wildman–Crippen MR) is 98.3 cm³/mol. The molecule has 0 spiro atoms. The van der Waals surface area contributed by atoms with Crippen LogP contribution in [-0.4, -0.2) is 11.9 Å². The van der Waals surface area contributed by atoms with Crippen molar-refractivity contribution in [1.29, 1.82) is 0 Å². The van der Waals surface area contributed by atoms with Crippen molar-refractivity contribution in [2.75, 3.05) is 0 Å². The van der Waals surface area contributed by atoms with E-state index in [4.69, 9.17) is 0 Å². The Balaban J connectivity index is 1.74. The molecule has 1 saturated carbocycles. The van der Waals surface area contributed by atoms with Crippen molar-refractivity contribution in [2.24, 2.45) is 5.92 Å². The molecule has 0 aromatic heterocycles. The van der Waals surface area contributed by atoms with Crippen LogP contribution < -0.4 is 5.32 Å². The van der Waals surface area contributed by atoms with Crippen LogP contribution >= 0.6 is 0 Å². The quantitative estimate of drug-likeness (QED) is 0.612. The van der Waals surface area contributed by atoms with Crippen molar-refractivity contribution in [3.63, 3.8) is 0 Å². The van der Waals surface area contributed by atoms with E-state index in [-0.39, 0.29) is 5.91 Å². The summed E-state index contributed by atoms with van der Waals surface area (Å²) in [7, 11) is 0. The second-order valence-electron chi connectivity index (χ2n) is 7.61. The highest BCUT2D eigenvalue weighted by atomic mass is 16.1. The lowest BCUT2D eigenvalue weighted by Gasteiger charge is -2.24. The van der Waals surface area contributed by atoms with Gasteiger partial charge in [-0.2, -0.15) is 0 Å². The van der Waals surface area contributed by atoms with Crippen molar-refractivity contribution < 1.29 is 4.79 Å². The van der Waals surface area contributed by atoms with E-state index in [1.807, 2.05) is 0 Å². The van der Waals surface area contributed by atoms with E-state index in [9.17, 15) is 4.79 Å². The van der Waals surface area contributed by atoms with Crippen LogP contribution in [0.15, 0.2) is 23.3 Å². The molecule has 0 bridgehead atoms. The molecule has 0 aromatic rings. The van der Waals surface area contributed by atoms with Crippen molar-refractivity contribution >= 4 is 5.91 Å². The number of carbonyl (C=O) groups excluding carboxylic acids is 1. The zero-order valence-electron chi connectivity index (χ0n) is 15.2. The molecule has 1 atom stereocenters. The number of hydrogen-bond acceptors (Lipinski definition) is 1. The zero-order chi connectivity index (χ0) is 16.5. The third kappa shape index (κ3) is 6.53. The summed E-state index contributed by atoms with van der Waals surface area (Å²) in [6.07, 6.45) is 19.0. The van der Waals surface area contributed by atoms with Crippen molar-refractivity contribution in [2.45, 2.75) is 96.9 Å². The van der Waals surface area contributed by atoms with Crippen LogP contribution in [0.4, 0.5) is 0 Å². The van der Waals surface area contributed by atoms with Gasteiger partial charge in [0.05, 0.1) is 0 Å². The summed E-state index contributed by atoms with van der Waals surface area (Å²) >= 11 is 0. The van der Waals surface area contributed by atoms with E-state index >= 15 is 0 Å². The smallest absolute Gasteiger partial charge is 0.247 e. The SMILES string of the molecule is CCCCC(C)CCC1=CC=C(C(=O)NC2CCCCC2)CC1. The molecule has 130 valence electrons. The van der Waals surface area contributed by atoms with Crippen molar-refractivity contribution in [1.82, 2.24) is 5.32 Å². The summed E-state index contributed by atoms with van der Waals surface area (Å²) in [4.78, 5) is 12.3. The van der Waals surface area contributed by atoms with Crippen molar-refractivity contribution in [3.8, 4) is 0 Å². The summed E-state index contributed by atoms with van der Waals surface area (Å²) in [6.45, 7) is 4.64. The Morgan fingerprint density at radius 3 is 2.61 bits per heavy atom. The fourth-order valence-corrected chi connectivity index (χ4v) is 3.73. The van der Waals surface area contributed by atoms with Crippen LogP contribution in [0.5, 0.6) is 0 Å².